The van der Waals surface area contributed by atoms with Crippen molar-refractivity contribution in [2.75, 3.05) is 13.2 Å². The van der Waals surface area contributed by atoms with E-state index in [2.05, 4.69) is 37.9 Å². The van der Waals surface area contributed by atoms with Crippen molar-refractivity contribution in [3.63, 3.8) is 0 Å². The van der Waals surface area contributed by atoms with Gasteiger partial charge in [0.15, 0.2) is 5.75 Å². The van der Waals surface area contributed by atoms with E-state index in [-0.39, 0.29) is 0 Å². The van der Waals surface area contributed by atoms with Crippen molar-refractivity contribution in [1.29, 1.82) is 0 Å². The number of unbranched alkanes of at least 4 members (excludes halogenated alkanes) is 10. The maximum atomic E-state index is 6.12. The molecule has 0 aliphatic carbocycles. The minimum Gasteiger partial charge on any atom is -0.490 e. The third-order valence-electron chi connectivity index (χ3n) is 6.56. The average Bonchev–Trinajstić information content (AvgIpc) is 2.88. The summed E-state index contributed by atoms with van der Waals surface area (Å²) < 4.78 is 12.0. The van der Waals surface area contributed by atoms with Crippen LogP contribution >= 0.6 is 0 Å². The van der Waals surface area contributed by atoms with E-state index in [9.17, 15) is 0 Å². The zero-order valence-electron chi connectivity index (χ0n) is 22.1. The second-order valence-electron chi connectivity index (χ2n) is 9.62. The maximum absolute atomic E-state index is 6.12. The van der Waals surface area contributed by atoms with Crippen LogP contribution in [0.5, 0.6) is 11.8 Å². The maximum Gasteiger partial charge on any atom is 0.317 e. The van der Waals surface area contributed by atoms with Crippen LogP contribution in [0.3, 0.4) is 0 Å². The van der Waals surface area contributed by atoms with Crippen molar-refractivity contribution in [2.24, 2.45) is 5.92 Å². The predicted octanol–water partition coefficient (Wildman–Crippen LogP) is 9.04. The first-order chi connectivity index (χ1) is 16.7. The molecule has 0 amide bonds. The third-order valence-corrected chi connectivity index (χ3v) is 6.56. The second kappa shape index (κ2) is 18.3. The summed E-state index contributed by atoms with van der Waals surface area (Å²) in [6.45, 7) is 8.22. The quantitative estimate of drug-likeness (QED) is 0.182. The van der Waals surface area contributed by atoms with Gasteiger partial charge in [-0.05, 0) is 18.8 Å². The first-order valence-electron chi connectivity index (χ1n) is 13.9. The first kappa shape index (κ1) is 28.1. The molecule has 0 saturated carbocycles. The van der Waals surface area contributed by atoms with Crippen molar-refractivity contribution in [2.45, 2.75) is 111 Å². The highest BCUT2D eigenvalue weighted by atomic mass is 16.5. The van der Waals surface area contributed by atoms with Crippen LogP contribution in [-0.2, 0) is 0 Å². The molecular formula is C30H48N2O2. The van der Waals surface area contributed by atoms with E-state index in [1.165, 1.54) is 77.0 Å². The predicted molar refractivity (Wildman–Crippen MR) is 144 cm³/mol. The smallest absolute Gasteiger partial charge is 0.317 e. The molecule has 2 rings (SSSR count). The number of benzene rings is 1. The topological polar surface area (TPSA) is 44.2 Å². The fourth-order valence-corrected chi connectivity index (χ4v) is 4.07. The average molecular weight is 469 g/mol. The lowest BCUT2D eigenvalue weighted by Crippen LogP contribution is -2.05. The van der Waals surface area contributed by atoms with Crippen LogP contribution in [-0.4, -0.2) is 23.2 Å². The van der Waals surface area contributed by atoms with Crippen molar-refractivity contribution in [3.05, 3.63) is 36.5 Å². The third kappa shape index (κ3) is 11.9. The van der Waals surface area contributed by atoms with Gasteiger partial charge in [0.05, 0.1) is 19.4 Å². The fraction of sp³-hybridized carbons (Fsp3) is 0.667. The number of hydrogen-bond acceptors (Lipinski definition) is 4. The van der Waals surface area contributed by atoms with Gasteiger partial charge in [-0.2, -0.15) is 9.97 Å². The summed E-state index contributed by atoms with van der Waals surface area (Å²) in [7, 11) is 0. The van der Waals surface area contributed by atoms with E-state index in [0.29, 0.717) is 19.2 Å². The van der Waals surface area contributed by atoms with E-state index in [1.807, 2.05) is 18.2 Å². The Hall–Kier alpha value is -2.10. The van der Waals surface area contributed by atoms with Gasteiger partial charge in [-0.15, -0.1) is 0 Å². The summed E-state index contributed by atoms with van der Waals surface area (Å²) in [5.41, 5.74) is 1.85. The zero-order valence-corrected chi connectivity index (χ0v) is 22.1. The Morgan fingerprint density at radius 1 is 0.735 bits per heavy atom. The minimum absolute atomic E-state index is 0.441. The molecule has 0 N–H and O–H groups in total. The Bertz CT molecular complexity index is 751. The summed E-state index contributed by atoms with van der Waals surface area (Å²) >= 11 is 0. The summed E-state index contributed by atoms with van der Waals surface area (Å²) in [6.07, 6.45) is 19.6. The summed E-state index contributed by atoms with van der Waals surface area (Å²) in [6, 6.07) is 10.6. The molecule has 0 aliphatic heterocycles. The molecule has 0 bridgehead atoms. The van der Waals surface area contributed by atoms with Gasteiger partial charge >= 0.3 is 6.01 Å². The lowest BCUT2D eigenvalue weighted by molar-refractivity contribution is 0.274. The van der Waals surface area contributed by atoms with Crippen LogP contribution in [0.2, 0.25) is 0 Å². The Kier molecular flexibility index (Phi) is 15.1. The van der Waals surface area contributed by atoms with Crippen molar-refractivity contribution in [1.82, 2.24) is 9.97 Å². The van der Waals surface area contributed by atoms with Gasteiger partial charge in [-0.3, -0.25) is 0 Å². The van der Waals surface area contributed by atoms with E-state index in [4.69, 9.17) is 14.5 Å². The molecule has 4 heteroatoms. The molecule has 1 aromatic heterocycles. The van der Waals surface area contributed by atoms with Crippen molar-refractivity contribution < 1.29 is 9.47 Å². The Morgan fingerprint density at radius 3 is 2.03 bits per heavy atom. The number of rotatable bonds is 20. The Morgan fingerprint density at radius 2 is 1.35 bits per heavy atom. The van der Waals surface area contributed by atoms with Crippen LogP contribution in [0.1, 0.15) is 111 Å². The van der Waals surface area contributed by atoms with Gasteiger partial charge < -0.3 is 9.47 Å². The summed E-state index contributed by atoms with van der Waals surface area (Å²) in [5.74, 6) is 1.56. The Balaban J connectivity index is 1.77. The normalized spacial score (nSPS) is 12.0. The van der Waals surface area contributed by atoms with Gasteiger partial charge in [-0.1, -0.05) is 128 Å². The second-order valence-corrected chi connectivity index (χ2v) is 9.62. The molecule has 1 atom stereocenters. The molecule has 1 unspecified atom stereocenters. The van der Waals surface area contributed by atoms with Crippen molar-refractivity contribution >= 4 is 0 Å². The number of aromatic nitrogens is 2. The van der Waals surface area contributed by atoms with Gasteiger partial charge in [-0.25, -0.2) is 0 Å². The van der Waals surface area contributed by atoms with E-state index in [0.717, 1.165) is 35.8 Å². The highest BCUT2D eigenvalue weighted by Crippen LogP contribution is 2.29. The van der Waals surface area contributed by atoms with E-state index < -0.39 is 0 Å². The van der Waals surface area contributed by atoms with Gasteiger partial charge in [0.1, 0.15) is 5.69 Å². The SMILES string of the molecule is CCCCCCCCCCCOc1cnc(OCCCCCC(C)CC)nc1-c1ccccc1. The fourth-order valence-electron chi connectivity index (χ4n) is 4.07. The highest BCUT2D eigenvalue weighted by molar-refractivity contribution is 5.65. The minimum atomic E-state index is 0.441. The molecule has 4 nitrogen and oxygen atoms in total. The van der Waals surface area contributed by atoms with E-state index >= 15 is 0 Å². The Labute approximate surface area is 208 Å². The summed E-state index contributed by atoms with van der Waals surface area (Å²) in [4.78, 5) is 9.14. The lowest BCUT2D eigenvalue weighted by atomic mass is 10.0. The molecule has 0 fully saturated rings. The van der Waals surface area contributed by atoms with Gasteiger partial charge in [0.2, 0.25) is 0 Å². The number of ether oxygens (including phenoxy) is 2. The zero-order chi connectivity index (χ0) is 24.3. The molecular weight excluding hydrogens is 420 g/mol. The van der Waals surface area contributed by atoms with Crippen LogP contribution in [0.15, 0.2) is 36.5 Å². The van der Waals surface area contributed by atoms with Crippen LogP contribution in [0.4, 0.5) is 0 Å². The van der Waals surface area contributed by atoms with Crippen LogP contribution < -0.4 is 9.47 Å². The van der Waals surface area contributed by atoms with Crippen LogP contribution in [0, 0.1) is 5.92 Å². The number of nitrogens with zero attached hydrogens (tertiary/aromatic N) is 2. The highest BCUT2D eigenvalue weighted by Gasteiger charge is 2.12. The molecule has 0 spiro atoms. The first-order valence-corrected chi connectivity index (χ1v) is 13.9. The number of hydrogen-bond donors (Lipinski definition) is 0. The molecule has 0 radical (unpaired) electrons. The van der Waals surface area contributed by atoms with E-state index in [1.54, 1.807) is 6.20 Å². The molecule has 34 heavy (non-hydrogen) atoms. The standard InChI is InChI=1S/C30H48N2O2/c1-4-6-7-8-9-10-11-12-18-23-33-28-25-31-30(32-29(28)27-21-16-13-17-22-27)34-24-19-14-15-20-26(3)5-2/h13,16-17,21-22,25-26H,4-12,14-15,18-20,23-24H2,1-3H3. The molecule has 0 aliphatic rings. The molecule has 0 saturated heterocycles. The van der Waals surface area contributed by atoms with Gasteiger partial charge in [0, 0.05) is 5.56 Å². The lowest BCUT2D eigenvalue weighted by Gasteiger charge is -2.12. The molecule has 190 valence electrons. The monoisotopic (exact) mass is 468 g/mol. The largest absolute Gasteiger partial charge is 0.490 e. The summed E-state index contributed by atoms with van der Waals surface area (Å²) in [5, 5.41) is 0. The van der Waals surface area contributed by atoms with Crippen molar-refractivity contribution in [3.8, 4) is 23.0 Å². The molecule has 2 aromatic rings. The molecule has 1 heterocycles. The van der Waals surface area contributed by atoms with Crippen LogP contribution in [0.25, 0.3) is 11.3 Å². The molecule has 1 aromatic carbocycles. The van der Waals surface area contributed by atoms with Gasteiger partial charge in [0.25, 0.3) is 0 Å².